The summed E-state index contributed by atoms with van der Waals surface area (Å²) in [5.74, 6) is 0. The second-order valence-electron chi connectivity index (χ2n) is 3.74. The third-order valence-electron chi connectivity index (χ3n) is 2.70. The molecule has 4 nitrogen and oxygen atoms in total. The first kappa shape index (κ1) is 10.7. The van der Waals surface area contributed by atoms with Crippen molar-refractivity contribution < 1.29 is 9.84 Å². The molecule has 16 heavy (non-hydrogen) atoms. The van der Waals surface area contributed by atoms with E-state index < -0.39 is 0 Å². The Hall–Kier alpha value is -1.81. The van der Waals surface area contributed by atoms with Crippen molar-refractivity contribution in [3.63, 3.8) is 0 Å². The van der Waals surface area contributed by atoms with Gasteiger partial charge < -0.3 is 10.3 Å². The fourth-order valence-corrected chi connectivity index (χ4v) is 1.73. The molecule has 0 radical (unpaired) electrons. The normalized spacial score (nSPS) is 10.6. The van der Waals surface area contributed by atoms with E-state index in [4.69, 9.17) is 5.11 Å². The molecule has 4 heteroatoms. The van der Waals surface area contributed by atoms with Gasteiger partial charge in [0.15, 0.2) is 5.69 Å². The minimum atomic E-state index is -0.225. The molecule has 1 aromatic carbocycles. The molecule has 0 saturated carbocycles. The van der Waals surface area contributed by atoms with Gasteiger partial charge in [0.1, 0.15) is 18.8 Å². The highest BCUT2D eigenvalue weighted by molar-refractivity contribution is 5.16. The number of nitrogens with zero attached hydrogens (tertiary/aromatic N) is 2. The molecule has 1 N–H and O–H groups in total. The molecule has 84 valence electrons. The monoisotopic (exact) mass is 218 g/mol. The van der Waals surface area contributed by atoms with Crippen LogP contribution in [0.1, 0.15) is 17.0 Å². The Morgan fingerprint density at radius 1 is 1.31 bits per heavy atom. The summed E-state index contributed by atoms with van der Waals surface area (Å²) in [6.07, 6.45) is 1.47. The van der Waals surface area contributed by atoms with Crippen LogP contribution in [0.15, 0.2) is 36.7 Å². The Bertz CT molecular complexity index is 477. The maximum atomic E-state index is 11.4. The number of hydrogen-bond donors (Lipinski definition) is 1. The number of benzene rings is 1. The summed E-state index contributed by atoms with van der Waals surface area (Å²) in [4.78, 5) is 0. The van der Waals surface area contributed by atoms with Crippen LogP contribution in [0.2, 0.25) is 0 Å². The van der Waals surface area contributed by atoms with Crippen LogP contribution in [-0.2, 0) is 13.2 Å². The van der Waals surface area contributed by atoms with E-state index in [1.807, 2.05) is 41.8 Å². The van der Waals surface area contributed by atoms with Gasteiger partial charge >= 0.3 is 0 Å². The number of rotatable bonds is 3. The highest BCUT2D eigenvalue weighted by atomic mass is 16.5. The molecule has 0 atom stereocenters. The first-order valence-electron chi connectivity index (χ1n) is 5.15. The lowest BCUT2D eigenvalue weighted by Crippen LogP contribution is -2.28. The zero-order valence-corrected chi connectivity index (χ0v) is 9.13. The molecule has 0 unspecified atom stereocenters. The maximum Gasteiger partial charge on any atom is 0.247 e. The van der Waals surface area contributed by atoms with Crippen molar-refractivity contribution >= 4 is 0 Å². The zero-order valence-electron chi connectivity index (χ0n) is 9.13. The average molecular weight is 218 g/mol. The van der Waals surface area contributed by atoms with Gasteiger partial charge in [0.2, 0.25) is 6.33 Å². The SMILES string of the molecule is Cc1c(CO)[n+]([O-])cn1Cc1ccccc1. The van der Waals surface area contributed by atoms with E-state index in [0.29, 0.717) is 12.2 Å². The van der Waals surface area contributed by atoms with Crippen molar-refractivity contribution in [1.29, 1.82) is 0 Å². The Morgan fingerprint density at radius 2 is 2.00 bits per heavy atom. The summed E-state index contributed by atoms with van der Waals surface area (Å²) >= 11 is 0. The molecular formula is C12H14N2O2. The summed E-state index contributed by atoms with van der Waals surface area (Å²) in [6.45, 7) is 2.26. The lowest BCUT2D eigenvalue weighted by molar-refractivity contribution is -0.615. The lowest BCUT2D eigenvalue weighted by Gasteiger charge is -1.99. The van der Waals surface area contributed by atoms with Crippen molar-refractivity contribution in [2.75, 3.05) is 0 Å². The molecule has 0 aliphatic carbocycles. The third-order valence-corrected chi connectivity index (χ3v) is 2.70. The van der Waals surface area contributed by atoms with Gasteiger partial charge in [-0.2, -0.15) is 0 Å². The summed E-state index contributed by atoms with van der Waals surface area (Å²) in [5.41, 5.74) is 2.35. The largest absolute Gasteiger partial charge is 0.711 e. The molecule has 0 spiro atoms. The van der Waals surface area contributed by atoms with Crippen molar-refractivity contribution in [1.82, 2.24) is 4.57 Å². The van der Waals surface area contributed by atoms with Crippen LogP contribution < -0.4 is 4.73 Å². The Kier molecular flexibility index (Phi) is 2.92. The first-order valence-corrected chi connectivity index (χ1v) is 5.15. The average Bonchev–Trinajstić information content (AvgIpc) is 2.55. The van der Waals surface area contributed by atoms with Gasteiger partial charge in [-0.25, -0.2) is 9.30 Å². The van der Waals surface area contributed by atoms with Crippen LogP contribution >= 0.6 is 0 Å². The van der Waals surface area contributed by atoms with Crippen LogP contribution in [0.25, 0.3) is 0 Å². The van der Waals surface area contributed by atoms with Gasteiger partial charge in [0.25, 0.3) is 0 Å². The topological polar surface area (TPSA) is 52.1 Å². The van der Waals surface area contributed by atoms with E-state index in [2.05, 4.69) is 0 Å². The zero-order chi connectivity index (χ0) is 11.5. The number of aliphatic hydroxyl groups excluding tert-OH is 1. The van der Waals surface area contributed by atoms with Gasteiger partial charge in [0, 0.05) is 6.92 Å². The molecule has 0 saturated heterocycles. The van der Waals surface area contributed by atoms with E-state index >= 15 is 0 Å². The molecule has 0 bridgehead atoms. The Balaban J connectivity index is 2.29. The predicted molar refractivity (Wildman–Crippen MR) is 59.6 cm³/mol. The van der Waals surface area contributed by atoms with Crippen LogP contribution in [0.5, 0.6) is 0 Å². The molecule has 2 rings (SSSR count). The summed E-state index contributed by atoms with van der Waals surface area (Å²) in [7, 11) is 0. The molecule has 0 amide bonds. The molecule has 0 aliphatic heterocycles. The van der Waals surface area contributed by atoms with Crippen LogP contribution in [-0.4, -0.2) is 9.67 Å². The minimum absolute atomic E-state index is 0.225. The fourth-order valence-electron chi connectivity index (χ4n) is 1.73. The quantitative estimate of drug-likeness (QED) is 0.616. The van der Waals surface area contributed by atoms with Gasteiger partial charge in [0.05, 0.1) is 0 Å². The van der Waals surface area contributed by atoms with Gasteiger partial charge in [-0.15, -0.1) is 0 Å². The van der Waals surface area contributed by atoms with Gasteiger partial charge in [-0.3, -0.25) is 0 Å². The first-order chi connectivity index (χ1) is 7.72. The third kappa shape index (κ3) is 1.92. The van der Waals surface area contributed by atoms with Crippen molar-refractivity contribution in [3.05, 3.63) is 58.8 Å². The van der Waals surface area contributed by atoms with Crippen molar-refractivity contribution in [2.45, 2.75) is 20.1 Å². The van der Waals surface area contributed by atoms with E-state index in [1.54, 1.807) is 0 Å². The van der Waals surface area contributed by atoms with E-state index in [-0.39, 0.29) is 6.61 Å². The van der Waals surface area contributed by atoms with Gasteiger partial charge in [-0.1, -0.05) is 30.3 Å². The van der Waals surface area contributed by atoms with Crippen LogP contribution in [0.3, 0.4) is 0 Å². The molecule has 1 heterocycles. The van der Waals surface area contributed by atoms with Crippen LogP contribution in [0.4, 0.5) is 0 Å². The number of imidazole rings is 1. The molecule has 2 aromatic rings. The van der Waals surface area contributed by atoms with Gasteiger partial charge in [-0.05, 0) is 5.56 Å². The van der Waals surface area contributed by atoms with Crippen molar-refractivity contribution in [2.24, 2.45) is 0 Å². The second-order valence-corrected chi connectivity index (χ2v) is 3.74. The maximum absolute atomic E-state index is 11.4. The standard InChI is InChI=1S/C12H14N2O2/c1-10-12(8-15)14(16)9-13(10)7-11-5-3-2-4-6-11/h2-6,9,15H,7-8H2,1H3. The smallest absolute Gasteiger partial charge is 0.247 e. The van der Waals surface area contributed by atoms with E-state index in [1.165, 1.54) is 6.33 Å². The Labute approximate surface area is 94.0 Å². The molecule has 1 aromatic heterocycles. The minimum Gasteiger partial charge on any atom is -0.711 e. The summed E-state index contributed by atoms with van der Waals surface area (Å²) < 4.78 is 2.56. The van der Waals surface area contributed by atoms with Crippen LogP contribution in [0, 0.1) is 12.1 Å². The Morgan fingerprint density at radius 3 is 2.56 bits per heavy atom. The summed E-state index contributed by atoms with van der Waals surface area (Å²) in [5, 5.41) is 20.5. The fraction of sp³-hybridized carbons (Fsp3) is 0.250. The number of hydrogen-bond acceptors (Lipinski definition) is 2. The molecular weight excluding hydrogens is 204 g/mol. The van der Waals surface area contributed by atoms with Crippen molar-refractivity contribution in [3.8, 4) is 0 Å². The lowest BCUT2D eigenvalue weighted by atomic mass is 10.2. The summed E-state index contributed by atoms with van der Waals surface area (Å²) in [6, 6.07) is 9.90. The molecule has 0 aliphatic rings. The molecule has 0 fully saturated rings. The highest BCUT2D eigenvalue weighted by Gasteiger charge is 2.14. The van der Waals surface area contributed by atoms with E-state index in [0.717, 1.165) is 16.0 Å². The number of aliphatic hydroxyl groups is 1. The van der Waals surface area contributed by atoms with E-state index in [9.17, 15) is 5.21 Å². The second kappa shape index (κ2) is 4.37. The number of aromatic nitrogens is 2. The highest BCUT2D eigenvalue weighted by Crippen LogP contribution is 2.08. The predicted octanol–water partition coefficient (Wildman–Crippen LogP) is 0.971.